The summed E-state index contributed by atoms with van der Waals surface area (Å²) in [5, 5.41) is 9.87. The monoisotopic (exact) mass is 209 g/mol. The van der Waals surface area contributed by atoms with Crippen molar-refractivity contribution in [3.05, 3.63) is 10.1 Å². The van der Waals surface area contributed by atoms with Crippen molar-refractivity contribution in [3.63, 3.8) is 0 Å². The zero-order chi connectivity index (χ0) is 10.6. The molecule has 0 saturated heterocycles. The Labute approximate surface area is 79.8 Å². The van der Waals surface area contributed by atoms with Crippen LogP contribution in [0.5, 0.6) is 0 Å². The molecule has 4 nitrogen and oxygen atoms in total. The summed E-state index contributed by atoms with van der Waals surface area (Å²) in [7, 11) is 0. The Bertz CT molecular complexity index is 168. The fraction of sp³-hybridized carbons (Fsp3) is 1.00. The number of nitrogens with zero attached hydrogens (tertiary/aromatic N) is 1. The molecule has 0 amide bonds. The molecule has 0 aliphatic carbocycles. The molecule has 0 aromatic heterocycles. The first-order valence-corrected chi connectivity index (χ1v) is 7.72. The van der Waals surface area contributed by atoms with E-state index in [4.69, 9.17) is 4.62 Å². The Morgan fingerprint density at radius 3 is 1.46 bits per heavy atom. The second kappa shape index (κ2) is 4.23. The van der Waals surface area contributed by atoms with Gasteiger partial charge in [0.05, 0.1) is 0 Å². The molecule has 0 spiro atoms. The fourth-order valence-electron chi connectivity index (χ4n) is 1.76. The first-order chi connectivity index (χ1) is 5.97. The Hall–Kier alpha value is -0.370. The summed E-state index contributed by atoms with van der Waals surface area (Å²) < 4.78 is 5.08. The first kappa shape index (κ1) is 12.6. The minimum atomic E-state index is -2.47. The van der Waals surface area contributed by atoms with E-state index in [0.29, 0.717) is 0 Å². The van der Waals surface area contributed by atoms with Crippen LogP contribution in [-0.4, -0.2) is 29.7 Å². The van der Waals surface area contributed by atoms with Crippen LogP contribution in [0, 0.1) is 10.1 Å². The molecule has 0 rings (SSSR count). The van der Waals surface area contributed by atoms with Crippen molar-refractivity contribution in [3.8, 4) is 0 Å². The van der Waals surface area contributed by atoms with Crippen LogP contribution in [0.1, 0.15) is 27.7 Å². The van der Waals surface area contributed by atoms with Crippen LogP contribution in [0.3, 0.4) is 0 Å². The average molecular weight is 209 g/mol. The molecule has 80 valence electrons. The van der Waals surface area contributed by atoms with Gasteiger partial charge in [-0.25, -0.2) is 0 Å². The van der Waals surface area contributed by atoms with Gasteiger partial charge in [0.1, 0.15) is 0 Å². The predicted octanol–water partition coefficient (Wildman–Crippen LogP) is 2.74. The van der Waals surface area contributed by atoms with Gasteiger partial charge in [0.25, 0.3) is 0 Å². The van der Waals surface area contributed by atoms with Crippen LogP contribution in [-0.2, 0) is 4.62 Å². The topological polar surface area (TPSA) is 52.4 Å². The van der Waals surface area contributed by atoms with Crippen LogP contribution in [0.2, 0.25) is 0 Å². The second-order valence-electron chi connectivity index (χ2n) is 3.43. The molecule has 0 N–H and O–H groups in total. The van der Waals surface area contributed by atoms with Gasteiger partial charge in [-0.2, -0.15) is 0 Å². The van der Waals surface area contributed by atoms with Crippen molar-refractivity contribution in [2.75, 3.05) is 24.6 Å². The summed E-state index contributed by atoms with van der Waals surface area (Å²) in [5.74, 6) is 0. The van der Waals surface area contributed by atoms with Gasteiger partial charge in [-0.15, -0.1) is 0 Å². The predicted molar refractivity (Wildman–Crippen MR) is 57.2 cm³/mol. The van der Waals surface area contributed by atoms with Crippen molar-refractivity contribution in [1.29, 1.82) is 0 Å². The minimum absolute atomic E-state index is 0.599. The van der Waals surface area contributed by atoms with Crippen molar-refractivity contribution in [2.24, 2.45) is 0 Å². The molecule has 0 unspecified atom stereocenters. The molecule has 0 aromatic rings. The Morgan fingerprint density at radius 1 is 1.08 bits per heavy atom. The van der Waals surface area contributed by atoms with Gasteiger partial charge in [0.15, 0.2) is 0 Å². The van der Waals surface area contributed by atoms with E-state index in [9.17, 15) is 10.1 Å². The van der Waals surface area contributed by atoms with Gasteiger partial charge in [0, 0.05) is 0 Å². The summed E-state index contributed by atoms with van der Waals surface area (Å²) in [6.07, 6.45) is 3.21. The third-order valence-electron chi connectivity index (χ3n) is 3.50. The molecule has 5 heteroatoms. The molecule has 0 fully saturated rings. The molecule has 0 aromatic carbocycles. The molecular formula is C8H20NO3P. The zero-order valence-electron chi connectivity index (χ0n) is 8.95. The third-order valence-corrected chi connectivity index (χ3v) is 10.5. The normalized spacial score (nSPS) is 14.6. The van der Waals surface area contributed by atoms with E-state index < -0.39 is 11.9 Å². The Balaban J connectivity index is 4.94. The van der Waals surface area contributed by atoms with Crippen molar-refractivity contribution in [2.45, 2.75) is 27.7 Å². The average Bonchev–Trinajstić information content (AvgIpc) is 2.15. The summed E-state index contributed by atoms with van der Waals surface area (Å²) in [6.45, 7) is 5.52. The van der Waals surface area contributed by atoms with E-state index in [-0.39, 0.29) is 0 Å². The van der Waals surface area contributed by atoms with Gasteiger partial charge < -0.3 is 0 Å². The first-order valence-electron chi connectivity index (χ1n) is 4.82. The molecule has 13 heavy (non-hydrogen) atoms. The van der Waals surface area contributed by atoms with Gasteiger partial charge in [-0.1, -0.05) is 0 Å². The van der Waals surface area contributed by atoms with Crippen LogP contribution >= 0.6 is 6.83 Å². The Kier molecular flexibility index (Phi) is 4.11. The summed E-state index contributed by atoms with van der Waals surface area (Å²) >= 11 is 0. The molecule has 0 radical (unpaired) electrons. The van der Waals surface area contributed by atoms with Crippen molar-refractivity contribution >= 4 is 6.83 Å². The van der Waals surface area contributed by atoms with Gasteiger partial charge in [0.2, 0.25) is 0 Å². The van der Waals surface area contributed by atoms with E-state index in [1.165, 1.54) is 0 Å². The molecule has 0 bridgehead atoms. The van der Waals surface area contributed by atoms with E-state index >= 15 is 0 Å². The molecule has 0 aliphatic heterocycles. The number of rotatable bonds is 6. The molecule has 0 aliphatic rings. The standard InChI is InChI=1S/C8H20NO3P/c1-5-13(6-2,7-3,8-4)12-9(10)11/h5-8H2,1-4H3. The molecule has 0 heterocycles. The van der Waals surface area contributed by atoms with Crippen molar-refractivity contribution < 1.29 is 9.71 Å². The van der Waals surface area contributed by atoms with Gasteiger partial charge >= 0.3 is 79.0 Å². The number of hydrogen-bond donors (Lipinski definition) is 0. The van der Waals surface area contributed by atoms with Crippen LogP contribution in [0.25, 0.3) is 0 Å². The maximum absolute atomic E-state index is 10.5. The van der Waals surface area contributed by atoms with E-state index in [2.05, 4.69) is 0 Å². The van der Waals surface area contributed by atoms with Crippen LogP contribution in [0.4, 0.5) is 0 Å². The second-order valence-corrected chi connectivity index (χ2v) is 9.84. The summed E-state index contributed by atoms with van der Waals surface area (Å²) in [4.78, 5) is 10.5. The summed E-state index contributed by atoms with van der Waals surface area (Å²) in [6, 6.07) is 0. The van der Waals surface area contributed by atoms with Crippen LogP contribution < -0.4 is 0 Å². The SMILES string of the molecule is CCP(CC)(CC)(CC)O[N+](=O)[O-]. The quantitative estimate of drug-likeness (QED) is 0.384. The van der Waals surface area contributed by atoms with E-state index in [0.717, 1.165) is 24.6 Å². The maximum atomic E-state index is 10.5. The number of hydrogen-bond acceptors (Lipinski definition) is 3. The zero-order valence-corrected chi connectivity index (χ0v) is 9.84. The van der Waals surface area contributed by atoms with E-state index in [1.54, 1.807) is 0 Å². The van der Waals surface area contributed by atoms with Gasteiger partial charge in [-0.3, -0.25) is 0 Å². The third kappa shape index (κ3) is 2.31. The van der Waals surface area contributed by atoms with E-state index in [1.807, 2.05) is 27.7 Å². The van der Waals surface area contributed by atoms with Crippen LogP contribution in [0.15, 0.2) is 0 Å². The van der Waals surface area contributed by atoms with Crippen molar-refractivity contribution in [1.82, 2.24) is 0 Å². The fourth-order valence-corrected chi connectivity index (χ4v) is 5.28. The molecular weight excluding hydrogens is 189 g/mol. The molecule has 0 saturated carbocycles. The molecule has 0 atom stereocenters. The van der Waals surface area contributed by atoms with Gasteiger partial charge in [-0.05, 0) is 0 Å². The Morgan fingerprint density at radius 2 is 1.38 bits per heavy atom. The summed E-state index contributed by atoms with van der Waals surface area (Å²) in [5.41, 5.74) is 0.